The summed E-state index contributed by atoms with van der Waals surface area (Å²) in [5, 5.41) is 7.44. The second kappa shape index (κ2) is 7.13. The first kappa shape index (κ1) is 15.4. The summed E-state index contributed by atoms with van der Waals surface area (Å²) in [6.45, 7) is 3.21. The lowest BCUT2D eigenvalue weighted by molar-refractivity contribution is 0.543. The van der Waals surface area contributed by atoms with Crippen LogP contribution in [0, 0.1) is 0 Å². The molecule has 3 N–H and O–H groups in total. The Hall–Kier alpha value is -2.01. The van der Waals surface area contributed by atoms with Crippen LogP contribution < -0.4 is 16.6 Å². The number of aryl methyl sites for hydroxylation is 1. The van der Waals surface area contributed by atoms with Crippen molar-refractivity contribution in [2.75, 3.05) is 11.1 Å². The number of hydrogen-bond donors (Lipinski definition) is 2. The minimum Gasteiger partial charge on any atom is -0.399 e. The summed E-state index contributed by atoms with van der Waals surface area (Å²) in [5.74, 6) is 0. The molecule has 0 aliphatic heterocycles. The molecule has 0 aliphatic rings. The van der Waals surface area contributed by atoms with Crippen LogP contribution in [0.25, 0.3) is 0 Å². The summed E-state index contributed by atoms with van der Waals surface area (Å²) in [4.78, 5) is 12.1. The lowest BCUT2D eigenvalue weighted by Gasteiger charge is -2.10. The number of anilines is 2. The topological polar surface area (TPSA) is 72.9 Å². The third-order valence-corrected chi connectivity index (χ3v) is 3.54. The molecule has 0 saturated heterocycles. The summed E-state index contributed by atoms with van der Waals surface area (Å²) in [6.07, 6.45) is 3.50. The fraction of sp³-hybridized carbons (Fsp3) is 0.333. The van der Waals surface area contributed by atoms with Gasteiger partial charge in [-0.05, 0) is 24.1 Å². The van der Waals surface area contributed by atoms with E-state index >= 15 is 0 Å². The monoisotopic (exact) mass is 306 g/mol. The SMILES string of the molecule is CCCCn1ncc(NCc2ccc(N)cc2)c(Cl)c1=O. The molecule has 0 atom stereocenters. The molecule has 0 radical (unpaired) electrons. The molecule has 2 rings (SSSR count). The summed E-state index contributed by atoms with van der Waals surface area (Å²) in [7, 11) is 0. The fourth-order valence-corrected chi connectivity index (χ4v) is 2.10. The fourth-order valence-electron chi connectivity index (χ4n) is 1.89. The van der Waals surface area contributed by atoms with Gasteiger partial charge in [0.2, 0.25) is 0 Å². The van der Waals surface area contributed by atoms with Crippen LogP contribution in [0.4, 0.5) is 11.4 Å². The third kappa shape index (κ3) is 3.98. The van der Waals surface area contributed by atoms with E-state index in [0.717, 1.165) is 24.1 Å². The maximum Gasteiger partial charge on any atom is 0.287 e. The van der Waals surface area contributed by atoms with E-state index in [1.807, 2.05) is 24.3 Å². The van der Waals surface area contributed by atoms with Crippen LogP contribution >= 0.6 is 11.6 Å². The first-order valence-corrected chi connectivity index (χ1v) is 7.33. The highest BCUT2D eigenvalue weighted by Crippen LogP contribution is 2.17. The number of rotatable bonds is 6. The van der Waals surface area contributed by atoms with Gasteiger partial charge in [0.05, 0.1) is 11.9 Å². The highest BCUT2D eigenvalue weighted by Gasteiger charge is 2.08. The number of benzene rings is 1. The van der Waals surface area contributed by atoms with Gasteiger partial charge in [-0.25, -0.2) is 4.68 Å². The Morgan fingerprint density at radius 2 is 2.05 bits per heavy atom. The van der Waals surface area contributed by atoms with E-state index in [4.69, 9.17) is 17.3 Å². The molecular weight excluding hydrogens is 288 g/mol. The Morgan fingerprint density at radius 3 is 2.71 bits per heavy atom. The van der Waals surface area contributed by atoms with E-state index in [-0.39, 0.29) is 10.6 Å². The zero-order valence-corrected chi connectivity index (χ0v) is 12.7. The molecule has 0 bridgehead atoms. The molecule has 0 amide bonds. The van der Waals surface area contributed by atoms with Crippen molar-refractivity contribution >= 4 is 23.0 Å². The van der Waals surface area contributed by atoms with Crippen LogP contribution in [-0.2, 0) is 13.1 Å². The standard InChI is InChI=1S/C15H19ClN4O/c1-2-3-8-20-15(21)14(16)13(10-19-20)18-9-11-4-6-12(17)7-5-11/h4-7,10,18H,2-3,8-9,17H2,1H3. The number of nitrogens with zero attached hydrogens (tertiary/aromatic N) is 2. The van der Waals surface area contributed by atoms with Crippen molar-refractivity contribution in [2.45, 2.75) is 32.9 Å². The summed E-state index contributed by atoms with van der Waals surface area (Å²) < 4.78 is 1.40. The number of nitrogens with one attached hydrogen (secondary N) is 1. The number of nitrogen functional groups attached to an aromatic ring is 1. The van der Waals surface area contributed by atoms with E-state index in [1.165, 1.54) is 4.68 Å². The molecular formula is C15H19ClN4O. The van der Waals surface area contributed by atoms with Gasteiger partial charge in [-0.1, -0.05) is 37.1 Å². The number of hydrogen-bond acceptors (Lipinski definition) is 4. The van der Waals surface area contributed by atoms with Gasteiger partial charge in [-0.2, -0.15) is 5.10 Å². The zero-order valence-electron chi connectivity index (χ0n) is 12.0. The van der Waals surface area contributed by atoms with Gasteiger partial charge in [0.25, 0.3) is 5.56 Å². The van der Waals surface area contributed by atoms with Gasteiger partial charge in [0.1, 0.15) is 5.02 Å². The van der Waals surface area contributed by atoms with Crippen LogP contribution in [0.3, 0.4) is 0 Å². The van der Waals surface area contributed by atoms with Gasteiger partial charge in [0, 0.05) is 18.8 Å². The molecule has 0 fully saturated rings. The van der Waals surface area contributed by atoms with Crippen LogP contribution in [0.15, 0.2) is 35.3 Å². The molecule has 0 saturated carbocycles. The highest BCUT2D eigenvalue weighted by molar-refractivity contribution is 6.32. The smallest absolute Gasteiger partial charge is 0.287 e. The Kier molecular flexibility index (Phi) is 5.22. The minimum atomic E-state index is -0.257. The van der Waals surface area contributed by atoms with E-state index in [9.17, 15) is 4.79 Å². The lowest BCUT2D eigenvalue weighted by atomic mass is 10.2. The van der Waals surface area contributed by atoms with Gasteiger partial charge in [-0.15, -0.1) is 0 Å². The van der Waals surface area contributed by atoms with Crippen molar-refractivity contribution in [1.29, 1.82) is 0 Å². The van der Waals surface area contributed by atoms with Crippen molar-refractivity contribution < 1.29 is 0 Å². The van der Waals surface area contributed by atoms with E-state index in [2.05, 4.69) is 17.3 Å². The summed E-state index contributed by atoms with van der Waals surface area (Å²) in [5.41, 5.74) is 7.70. The first-order valence-electron chi connectivity index (χ1n) is 6.95. The predicted molar refractivity (Wildman–Crippen MR) is 86.6 cm³/mol. The molecule has 0 unspecified atom stereocenters. The zero-order chi connectivity index (χ0) is 15.2. The van der Waals surface area contributed by atoms with Crippen LogP contribution in [-0.4, -0.2) is 9.78 Å². The molecule has 0 aliphatic carbocycles. The van der Waals surface area contributed by atoms with Crippen molar-refractivity contribution in [2.24, 2.45) is 0 Å². The first-order chi connectivity index (χ1) is 10.1. The molecule has 0 spiro atoms. The Bertz CT molecular complexity index is 652. The minimum absolute atomic E-state index is 0.177. The third-order valence-electron chi connectivity index (χ3n) is 3.17. The molecule has 5 nitrogen and oxygen atoms in total. The molecule has 21 heavy (non-hydrogen) atoms. The van der Waals surface area contributed by atoms with Gasteiger partial charge >= 0.3 is 0 Å². The molecule has 1 heterocycles. The maximum absolute atomic E-state index is 12.1. The van der Waals surface area contributed by atoms with Crippen molar-refractivity contribution in [1.82, 2.24) is 9.78 Å². The second-order valence-corrected chi connectivity index (χ2v) is 5.23. The molecule has 6 heteroatoms. The summed E-state index contributed by atoms with van der Waals surface area (Å²) >= 11 is 6.11. The van der Waals surface area contributed by atoms with Crippen LogP contribution in [0.1, 0.15) is 25.3 Å². The van der Waals surface area contributed by atoms with Gasteiger partial charge < -0.3 is 11.1 Å². The number of halogens is 1. The van der Waals surface area contributed by atoms with E-state index in [1.54, 1.807) is 6.20 Å². The van der Waals surface area contributed by atoms with Crippen LogP contribution in [0.5, 0.6) is 0 Å². The highest BCUT2D eigenvalue weighted by atomic mass is 35.5. The Labute approximate surface area is 128 Å². The quantitative estimate of drug-likeness (QED) is 0.805. The molecule has 1 aromatic carbocycles. The molecule has 1 aromatic heterocycles. The van der Waals surface area contributed by atoms with Crippen molar-refractivity contribution in [3.63, 3.8) is 0 Å². The average Bonchev–Trinajstić information content (AvgIpc) is 2.49. The van der Waals surface area contributed by atoms with E-state index < -0.39 is 0 Å². The Morgan fingerprint density at radius 1 is 1.33 bits per heavy atom. The van der Waals surface area contributed by atoms with Gasteiger partial charge in [0.15, 0.2) is 0 Å². The second-order valence-electron chi connectivity index (χ2n) is 4.85. The summed E-state index contributed by atoms with van der Waals surface area (Å²) in [6, 6.07) is 7.51. The Balaban J connectivity index is 2.08. The lowest BCUT2D eigenvalue weighted by Crippen LogP contribution is -2.24. The molecule has 2 aromatic rings. The number of nitrogens with two attached hydrogens (primary N) is 1. The average molecular weight is 307 g/mol. The largest absolute Gasteiger partial charge is 0.399 e. The predicted octanol–water partition coefficient (Wildman–Crippen LogP) is 2.89. The van der Waals surface area contributed by atoms with Crippen LogP contribution in [0.2, 0.25) is 5.02 Å². The van der Waals surface area contributed by atoms with Gasteiger partial charge in [-0.3, -0.25) is 4.79 Å². The number of unbranched alkanes of at least 4 members (excludes halogenated alkanes) is 1. The number of aromatic nitrogens is 2. The van der Waals surface area contributed by atoms with E-state index in [0.29, 0.717) is 18.8 Å². The molecule has 112 valence electrons. The van der Waals surface area contributed by atoms with Crippen molar-refractivity contribution in [3.8, 4) is 0 Å². The normalized spacial score (nSPS) is 10.6. The van der Waals surface area contributed by atoms with Crippen molar-refractivity contribution in [3.05, 3.63) is 51.4 Å². The maximum atomic E-state index is 12.1.